The van der Waals surface area contributed by atoms with Crippen LogP contribution in [0.25, 0.3) is 0 Å². The molecule has 3 nitrogen and oxygen atoms in total. The van der Waals surface area contributed by atoms with E-state index in [1.807, 2.05) is 0 Å². The Labute approximate surface area is 123 Å². The molecule has 0 aromatic heterocycles. The van der Waals surface area contributed by atoms with Gasteiger partial charge in [0.1, 0.15) is 11.6 Å². The van der Waals surface area contributed by atoms with Crippen LogP contribution in [0.4, 0.5) is 8.78 Å². The van der Waals surface area contributed by atoms with Gasteiger partial charge in [-0.3, -0.25) is 4.99 Å². The fourth-order valence-electron chi connectivity index (χ4n) is 3.30. The number of aliphatic imine (C=N–C) groups is 1. The molecule has 0 amide bonds. The van der Waals surface area contributed by atoms with Gasteiger partial charge in [0.2, 0.25) is 0 Å². The predicted molar refractivity (Wildman–Crippen MR) is 79.1 cm³/mol. The number of halogens is 2. The summed E-state index contributed by atoms with van der Waals surface area (Å²) in [6.07, 6.45) is 6.39. The SMILES string of the molecule is NC(=NC1CCCC1)NC1CC(c2cc(F)cc(F)c2)C1. The first-order valence-corrected chi connectivity index (χ1v) is 7.66. The summed E-state index contributed by atoms with van der Waals surface area (Å²) in [7, 11) is 0. The van der Waals surface area contributed by atoms with E-state index in [0.717, 1.165) is 37.3 Å². The molecule has 0 spiro atoms. The third-order valence-corrected chi connectivity index (χ3v) is 4.49. The molecule has 0 saturated heterocycles. The Morgan fingerprint density at radius 2 is 1.71 bits per heavy atom. The van der Waals surface area contributed by atoms with E-state index in [2.05, 4.69) is 10.3 Å². The third-order valence-electron chi connectivity index (χ3n) is 4.49. The molecule has 21 heavy (non-hydrogen) atoms. The standard InChI is InChI=1S/C16H21F2N3/c17-12-5-10(6-13(18)9-12)11-7-15(8-11)21-16(19)20-14-3-1-2-4-14/h5-6,9,11,14-15H,1-4,7-8H2,(H3,19,20,21). The lowest BCUT2D eigenvalue weighted by Crippen LogP contribution is -2.47. The monoisotopic (exact) mass is 293 g/mol. The van der Waals surface area contributed by atoms with E-state index in [9.17, 15) is 8.78 Å². The Kier molecular flexibility index (Phi) is 4.08. The smallest absolute Gasteiger partial charge is 0.189 e. The van der Waals surface area contributed by atoms with Crippen LogP contribution < -0.4 is 11.1 Å². The van der Waals surface area contributed by atoms with Gasteiger partial charge in [-0.2, -0.15) is 0 Å². The number of rotatable bonds is 3. The summed E-state index contributed by atoms with van der Waals surface area (Å²) in [5.41, 5.74) is 6.65. The molecule has 1 aromatic rings. The van der Waals surface area contributed by atoms with Crippen LogP contribution in [0.1, 0.15) is 50.0 Å². The first-order valence-electron chi connectivity index (χ1n) is 7.66. The molecule has 0 aliphatic heterocycles. The van der Waals surface area contributed by atoms with Crippen LogP contribution in [0.5, 0.6) is 0 Å². The molecule has 0 heterocycles. The number of hydrogen-bond donors (Lipinski definition) is 2. The van der Waals surface area contributed by atoms with E-state index in [1.165, 1.54) is 25.0 Å². The van der Waals surface area contributed by atoms with Crippen molar-refractivity contribution < 1.29 is 8.78 Å². The van der Waals surface area contributed by atoms with E-state index in [4.69, 9.17) is 5.73 Å². The number of guanidine groups is 1. The van der Waals surface area contributed by atoms with Gasteiger partial charge in [0.15, 0.2) is 5.96 Å². The zero-order valence-electron chi connectivity index (χ0n) is 12.0. The molecule has 2 aliphatic rings. The fraction of sp³-hybridized carbons (Fsp3) is 0.562. The van der Waals surface area contributed by atoms with Crippen molar-refractivity contribution in [3.63, 3.8) is 0 Å². The van der Waals surface area contributed by atoms with Crippen LogP contribution in [-0.2, 0) is 0 Å². The highest BCUT2D eigenvalue weighted by molar-refractivity contribution is 5.78. The van der Waals surface area contributed by atoms with Crippen LogP contribution in [0, 0.1) is 11.6 Å². The van der Waals surface area contributed by atoms with E-state index in [0.29, 0.717) is 12.0 Å². The van der Waals surface area contributed by atoms with Crippen LogP contribution >= 0.6 is 0 Å². The number of nitrogens with two attached hydrogens (primary N) is 1. The number of hydrogen-bond acceptors (Lipinski definition) is 1. The first-order chi connectivity index (χ1) is 10.1. The van der Waals surface area contributed by atoms with Gasteiger partial charge in [0.25, 0.3) is 0 Å². The van der Waals surface area contributed by atoms with Gasteiger partial charge in [-0.05, 0) is 49.3 Å². The van der Waals surface area contributed by atoms with E-state index < -0.39 is 11.6 Å². The first kappa shape index (κ1) is 14.3. The Bertz CT molecular complexity index is 512. The van der Waals surface area contributed by atoms with Crippen molar-refractivity contribution in [3.8, 4) is 0 Å². The fourth-order valence-corrected chi connectivity index (χ4v) is 3.30. The molecular weight excluding hydrogens is 272 g/mol. The van der Waals surface area contributed by atoms with Gasteiger partial charge in [-0.15, -0.1) is 0 Å². The van der Waals surface area contributed by atoms with Gasteiger partial charge in [-0.1, -0.05) is 12.8 Å². The summed E-state index contributed by atoms with van der Waals surface area (Å²) in [6.45, 7) is 0. The minimum Gasteiger partial charge on any atom is -0.370 e. The molecule has 0 radical (unpaired) electrons. The molecule has 2 fully saturated rings. The topological polar surface area (TPSA) is 50.4 Å². The normalized spacial score (nSPS) is 26.7. The Hall–Kier alpha value is -1.65. The van der Waals surface area contributed by atoms with Crippen LogP contribution in [-0.4, -0.2) is 18.0 Å². The highest BCUT2D eigenvalue weighted by Gasteiger charge is 2.31. The van der Waals surface area contributed by atoms with Crippen molar-refractivity contribution >= 4 is 5.96 Å². The number of benzene rings is 1. The molecule has 114 valence electrons. The van der Waals surface area contributed by atoms with Crippen molar-refractivity contribution in [2.45, 2.75) is 56.5 Å². The summed E-state index contributed by atoms with van der Waals surface area (Å²) in [5.74, 6) is -0.310. The summed E-state index contributed by atoms with van der Waals surface area (Å²) in [4.78, 5) is 4.49. The van der Waals surface area contributed by atoms with Crippen molar-refractivity contribution in [2.24, 2.45) is 10.7 Å². The molecule has 2 saturated carbocycles. The van der Waals surface area contributed by atoms with Gasteiger partial charge in [0.05, 0.1) is 6.04 Å². The average molecular weight is 293 g/mol. The summed E-state index contributed by atoms with van der Waals surface area (Å²) in [5, 5.41) is 3.21. The predicted octanol–water partition coefficient (Wildman–Crippen LogP) is 3.06. The Morgan fingerprint density at radius 1 is 1.10 bits per heavy atom. The average Bonchev–Trinajstić information content (AvgIpc) is 2.84. The maximum atomic E-state index is 13.2. The lowest BCUT2D eigenvalue weighted by Gasteiger charge is -2.36. The lowest BCUT2D eigenvalue weighted by molar-refractivity contribution is 0.321. The second-order valence-corrected chi connectivity index (χ2v) is 6.16. The molecule has 1 aromatic carbocycles. The molecule has 0 atom stereocenters. The van der Waals surface area contributed by atoms with Gasteiger partial charge in [-0.25, -0.2) is 8.78 Å². The van der Waals surface area contributed by atoms with Crippen LogP contribution in [0.15, 0.2) is 23.2 Å². The maximum absolute atomic E-state index is 13.2. The number of nitrogens with zero attached hydrogens (tertiary/aromatic N) is 1. The van der Waals surface area contributed by atoms with Gasteiger partial charge in [0, 0.05) is 12.1 Å². The van der Waals surface area contributed by atoms with Crippen LogP contribution in [0.2, 0.25) is 0 Å². The Balaban J connectivity index is 1.51. The zero-order chi connectivity index (χ0) is 14.8. The molecule has 5 heteroatoms. The van der Waals surface area contributed by atoms with Crippen molar-refractivity contribution in [2.75, 3.05) is 0 Å². The summed E-state index contributed by atoms with van der Waals surface area (Å²) in [6, 6.07) is 4.36. The minimum absolute atomic E-state index is 0.201. The zero-order valence-corrected chi connectivity index (χ0v) is 12.0. The highest BCUT2D eigenvalue weighted by Crippen LogP contribution is 2.37. The molecule has 0 bridgehead atoms. The number of nitrogens with one attached hydrogen (secondary N) is 1. The van der Waals surface area contributed by atoms with Crippen molar-refractivity contribution in [1.82, 2.24) is 5.32 Å². The molecule has 3 rings (SSSR count). The maximum Gasteiger partial charge on any atom is 0.189 e. The highest BCUT2D eigenvalue weighted by atomic mass is 19.1. The lowest BCUT2D eigenvalue weighted by atomic mass is 9.76. The summed E-state index contributed by atoms with van der Waals surface area (Å²) < 4.78 is 26.4. The molecular formula is C16H21F2N3. The van der Waals surface area contributed by atoms with E-state index in [1.54, 1.807) is 0 Å². The summed E-state index contributed by atoms with van der Waals surface area (Å²) >= 11 is 0. The van der Waals surface area contributed by atoms with Gasteiger partial charge < -0.3 is 11.1 Å². The minimum atomic E-state index is -0.510. The van der Waals surface area contributed by atoms with Gasteiger partial charge >= 0.3 is 0 Å². The largest absolute Gasteiger partial charge is 0.370 e. The molecule has 2 aliphatic carbocycles. The molecule has 0 unspecified atom stereocenters. The molecule has 3 N–H and O–H groups in total. The second-order valence-electron chi connectivity index (χ2n) is 6.16. The quantitative estimate of drug-likeness (QED) is 0.665. The van der Waals surface area contributed by atoms with E-state index in [-0.39, 0.29) is 12.0 Å². The third kappa shape index (κ3) is 3.52. The van der Waals surface area contributed by atoms with Crippen molar-refractivity contribution in [3.05, 3.63) is 35.4 Å². The van der Waals surface area contributed by atoms with Crippen molar-refractivity contribution in [1.29, 1.82) is 0 Å². The second kappa shape index (κ2) is 6.00. The Morgan fingerprint density at radius 3 is 2.33 bits per heavy atom. The van der Waals surface area contributed by atoms with Crippen LogP contribution in [0.3, 0.4) is 0 Å². The van der Waals surface area contributed by atoms with E-state index >= 15 is 0 Å².